The lowest BCUT2D eigenvalue weighted by Crippen LogP contribution is -2.40. The van der Waals surface area contributed by atoms with Crippen LogP contribution >= 0.6 is 11.3 Å². The summed E-state index contributed by atoms with van der Waals surface area (Å²) in [6.45, 7) is 7.72. The number of nitrogens with zero attached hydrogens (tertiary/aromatic N) is 2. The summed E-state index contributed by atoms with van der Waals surface area (Å²) in [7, 11) is 3.09. The molecule has 2 heterocycles. The van der Waals surface area contributed by atoms with E-state index in [-0.39, 0.29) is 17.7 Å². The first-order valence-corrected chi connectivity index (χ1v) is 12.5. The van der Waals surface area contributed by atoms with Crippen LogP contribution in [0.3, 0.4) is 0 Å². The molecule has 0 amide bonds. The van der Waals surface area contributed by atoms with Crippen molar-refractivity contribution in [3.05, 3.63) is 97.2 Å². The van der Waals surface area contributed by atoms with Crippen LogP contribution < -0.4 is 29.1 Å². The van der Waals surface area contributed by atoms with Crippen LogP contribution in [0.2, 0.25) is 0 Å². The maximum Gasteiger partial charge on any atom is 0.338 e. The topological polar surface area (TPSA) is 88.3 Å². The molecule has 4 rings (SSSR count). The van der Waals surface area contributed by atoms with Crippen molar-refractivity contribution in [2.24, 2.45) is 4.99 Å². The molecular formula is C28H28N2O6S. The van der Waals surface area contributed by atoms with Gasteiger partial charge in [-0.05, 0) is 55.8 Å². The van der Waals surface area contributed by atoms with Gasteiger partial charge < -0.3 is 18.9 Å². The maximum atomic E-state index is 13.8. The zero-order valence-corrected chi connectivity index (χ0v) is 22.0. The maximum absolute atomic E-state index is 13.8. The van der Waals surface area contributed by atoms with Gasteiger partial charge in [-0.1, -0.05) is 36.1 Å². The zero-order chi connectivity index (χ0) is 26.5. The molecule has 0 bridgehead atoms. The van der Waals surface area contributed by atoms with Crippen molar-refractivity contribution < 1.29 is 23.7 Å². The Bertz CT molecular complexity index is 1530. The van der Waals surface area contributed by atoms with Crippen molar-refractivity contribution in [3.8, 4) is 17.2 Å². The number of fused-ring (bicyclic) bond motifs is 1. The predicted molar refractivity (Wildman–Crippen MR) is 142 cm³/mol. The lowest BCUT2D eigenvalue weighted by atomic mass is 9.94. The molecular weight excluding hydrogens is 492 g/mol. The fourth-order valence-corrected chi connectivity index (χ4v) is 5.15. The Kier molecular flexibility index (Phi) is 7.93. The molecule has 0 radical (unpaired) electrons. The van der Waals surface area contributed by atoms with Crippen LogP contribution in [0.4, 0.5) is 0 Å². The molecule has 2 aromatic carbocycles. The highest BCUT2D eigenvalue weighted by Gasteiger charge is 2.35. The second-order valence-corrected chi connectivity index (χ2v) is 9.09. The van der Waals surface area contributed by atoms with E-state index in [0.717, 1.165) is 5.56 Å². The number of hydrogen-bond donors (Lipinski definition) is 0. The normalized spacial score (nSPS) is 15.0. The SMILES string of the molecule is C=CCOc1ccc(/C=c2/sc3n(c2=O)[C@H](c2cc(OC)ccc2OC)C(C(=O)OCC)=C(C)N=3)cc1. The van der Waals surface area contributed by atoms with Crippen molar-refractivity contribution >= 4 is 23.4 Å². The molecule has 9 heteroatoms. The van der Waals surface area contributed by atoms with E-state index >= 15 is 0 Å². The van der Waals surface area contributed by atoms with Gasteiger partial charge in [-0.2, -0.15) is 0 Å². The van der Waals surface area contributed by atoms with Crippen molar-refractivity contribution in [3.63, 3.8) is 0 Å². The minimum Gasteiger partial charge on any atom is -0.497 e. The van der Waals surface area contributed by atoms with Crippen LogP contribution in [0, 0.1) is 0 Å². The van der Waals surface area contributed by atoms with Crippen LogP contribution in [0.25, 0.3) is 6.08 Å². The second kappa shape index (κ2) is 11.3. The van der Waals surface area contributed by atoms with E-state index in [9.17, 15) is 9.59 Å². The summed E-state index contributed by atoms with van der Waals surface area (Å²) in [5, 5.41) is 0. The number of carbonyl (C=O) groups is 1. The Labute approximate surface area is 218 Å². The van der Waals surface area contributed by atoms with Gasteiger partial charge in [0.2, 0.25) is 0 Å². The Balaban J connectivity index is 1.91. The molecule has 192 valence electrons. The number of ether oxygens (including phenoxy) is 4. The molecule has 0 aliphatic carbocycles. The van der Waals surface area contributed by atoms with Crippen LogP contribution in [0.1, 0.15) is 31.0 Å². The number of rotatable bonds is 9. The van der Waals surface area contributed by atoms with Crippen LogP contribution in [-0.2, 0) is 9.53 Å². The standard InChI is InChI=1S/C28H28N2O6S/c1-6-14-36-19-10-8-18(9-11-19)15-23-26(31)30-25(21-16-20(33-4)12-13-22(21)34-5)24(27(32)35-7-2)17(3)29-28(30)37-23/h6,8-13,15-16,25H,1,7,14H2,2-5H3/b23-15+/t25-/m1/s1. The van der Waals surface area contributed by atoms with Gasteiger partial charge in [0.15, 0.2) is 4.80 Å². The molecule has 1 aliphatic rings. The lowest BCUT2D eigenvalue weighted by Gasteiger charge is -2.26. The molecule has 8 nitrogen and oxygen atoms in total. The van der Waals surface area contributed by atoms with Gasteiger partial charge in [0.1, 0.15) is 29.9 Å². The number of benzene rings is 2. The smallest absolute Gasteiger partial charge is 0.338 e. The predicted octanol–water partition coefficient (Wildman–Crippen LogP) is 3.38. The van der Waals surface area contributed by atoms with Gasteiger partial charge in [0.05, 0.1) is 36.6 Å². The number of hydrogen-bond acceptors (Lipinski definition) is 8. The lowest BCUT2D eigenvalue weighted by molar-refractivity contribution is -0.139. The van der Waals surface area contributed by atoms with Gasteiger partial charge in [0.25, 0.3) is 5.56 Å². The van der Waals surface area contributed by atoms with E-state index in [2.05, 4.69) is 11.6 Å². The molecule has 0 N–H and O–H groups in total. The molecule has 1 aliphatic heterocycles. The number of allylic oxidation sites excluding steroid dienone is 1. The van der Waals surface area contributed by atoms with Crippen molar-refractivity contribution in [1.29, 1.82) is 0 Å². The zero-order valence-electron chi connectivity index (χ0n) is 21.1. The Hall–Kier alpha value is -4.11. The number of methoxy groups -OCH3 is 2. The molecule has 1 aromatic heterocycles. The largest absolute Gasteiger partial charge is 0.497 e. The highest BCUT2D eigenvalue weighted by Crippen LogP contribution is 2.37. The number of aromatic nitrogens is 1. The summed E-state index contributed by atoms with van der Waals surface area (Å²) < 4.78 is 24.0. The second-order valence-electron chi connectivity index (χ2n) is 8.08. The van der Waals surface area contributed by atoms with Gasteiger partial charge in [-0.3, -0.25) is 9.36 Å². The van der Waals surface area contributed by atoms with Crippen LogP contribution in [0.5, 0.6) is 17.2 Å². The molecule has 0 fully saturated rings. The first-order chi connectivity index (χ1) is 17.9. The third-order valence-corrected chi connectivity index (χ3v) is 6.78. The summed E-state index contributed by atoms with van der Waals surface area (Å²) in [5.41, 5.74) is 1.89. The monoisotopic (exact) mass is 520 g/mol. The van der Waals surface area contributed by atoms with Gasteiger partial charge in [-0.15, -0.1) is 0 Å². The van der Waals surface area contributed by atoms with Gasteiger partial charge in [-0.25, -0.2) is 9.79 Å². The molecule has 0 saturated heterocycles. The van der Waals surface area contributed by atoms with Gasteiger partial charge in [0, 0.05) is 5.56 Å². The minimum atomic E-state index is -0.808. The fourth-order valence-electron chi connectivity index (χ4n) is 4.11. The first-order valence-electron chi connectivity index (χ1n) is 11.7. The summed E-state index contributed by atoms with van der Waals surface area (Å²) in [6.07, 6.45) is 3.47. The van der Waals surface area contributed by atoms with E-state index in [4.69, 9.17) is 18.9 Å². The fraction of sp³-hybridized carbons (Fsp3) is 0.250. The third-order valence-electron chi connectivity index (χ3n) is 5.79. The molecule has 0 unspecified atom stereocenters. The highest BCUT2D eigenvalue weighted by molar-refractivity contribution is 7.07. The number of thiazole rings is 1. The van der Waals surface area contributed by atoms with Crippen molar-refractivity contribution in [2.75, 3.05) is 27.4 Å². The first kappa shape index (κ1) is 26.0. The van der Waals surface area contributed by atoms with Crippen LogP contribution in [0.15, 0.2) is 76.2 Å². The average Bonchev–Trinajstić information content (AvgIpc) is 3.21. The van der Waals surface area contributed by atoms with Crippen LogP contribution in [-0.4, -0.2) is 38.0 Å². The molecule has 37 heavy (non-hydrogen) atoms. The third kappa shape index (κ3) is 5.22. The summed E-state index contributed by atoms with van der Waals surface area (Å²) >= 11 is 1.25. The number of carbonyl (C=O) groups excluding carboxylic acids is 1. The minimum absolute atomic E-state index is 0.189. The summed E-state index contributed by atoms with van der Waals surface area (Å²) in [5.74, 6) is 1.24. The molecule has 0 saturated carbocycles. The molecule has 1 atom stereocenters. The molecule has 0 spiro atoms. The van der Waals surface area contributed by atoms with E-state index in [1.54, 1.807) is 51.3 Å². The van der Waals surface area contributed by atoms with Crippen molar-refractivity contribution in [1.82, 2.24) is 4.57 Å². The summed E-state index contributed by atoms with van der Waals surface area (Å²) in [4.78, 5) is 32.0. The van der Waals surface area contributed by atoms with E-state index in [1.165, 1.54) is 23.0 Å². The average molecular weight is 521 g/mol. The van der Waals surface area contributed by atoms with E-state index in [1.807, 2.05) is 24.3 Å². The highest BCUT2D eigenvalue weighted by atomic mass is 32.1. The van der Waals surface area contributed by atoms with E-state index < -0.39 is 12.0 Å². The summed E-state index contributed by atoms with van der Waals surface area (Å²) in [6, 6.07) is 11.9. The van der Waals surface area contributed by atoms with E-state index in [0.29, 0.717) is 44.4 Å². The Morgan fingerprint density at radius 3 is 2.51 bits per heavy atom. The number of esters is 1. The Morgan fingerprint density at radius 1 is 1.14 bits per heavy atom. The quantitative estimate of drug-likeness (QED) is 0.318. The van der Waals surface area contributed by atoms with Gasteiger partial charge >= 0.3 is 5.97 Å². The molecule has 3 aromatic rings. The van der Waals surface area contributed by atoms with Crippen molar-refractivity contribution in [2.45, 2.75) is 19.9 Å². The Morgan fingerprint density at radius 2 is 1.86 bits per heavy atom.